The molecule has 2 rings (SSSR count). The van der Waals surface area contributed by atoms with Gasteiger partial charge in [0.05, 0.1) is 6.10 Å². The third-order valence-electron chi connectivity index (χ3n) is 3.07. The Morgan fingerprint density at radius 1 is 1.44 bits per heavy atom. The third-order valence-corrected chi connectivity index (χ3v) is 3.81. The van der Waals surface area contributed by atoms with Gasteiger partial charge in [0, 0.05) is 6.61 Å². The third kappa shape index (κ3) is 4.24. The Bertz CT molecular complexity index is 267. The van der Waals surface area contributed by atoms with Crippen molar-refractivity contribution >= 4 is 11.3 Å². The normalized spacial score (nSPS) is 20.4. The monoisotopic (exact) mass is 239 g/mol. The van der Waals surface area contributed by atoms with Gasteiger partial charge < -0.3 is 10.1 Å². The SMILES string of the molecule is c1cc(CCNCCCC2CCCO2)cs1. The second kappa shape index (κ2) is 7.05. The van der Waals surface area contributed by atoms with Gasteiger partial charge in [0.15, 0.2) is 0 Å². The summed E-state index contributed by atoms with van der Waals surface area (Å²) in [6, 6.07) is 2.21. The van der Waals surface area contributed by atoms with E-state index in [0.29, 0.717) is 6.10 Å². The van der Waals surface area contributed by atoms with Crippen LogP contribution < -0.4 is 5.32 Å². The van der Waals surface area contributed by atoms with Crippen LogP contribution in [0.1, 0.15) is 31.2 Å². The highest BCUT2D eigenvalue weighted by Crippen LogP contribution is 2.16. The van der Waals surface area contributed by atoms with E-state index in [1.807, 2.05) is 0 Å². The fraction of sp³-hybridized carbons (Fsp3) is 0.692. The molecule has 2 heterocycles. The molecule has 1 N–H and O–H groups in total. The van der Waals surface area contributed by atoms with Crippen molar-refractivity contribution in [3.8, 4) is 0 Å². The topological polar surface area (TPSA) is 21.3 Å². The first kappa shape index (κ1) is 12.1. The molecule has 16 heavy (non-hydrogen) atoms. The molecule has 1 saturated heterocycles. The van der Waals surface area contributed by atoms with Gasteiger partial charge in [0.25, 0.3) is 0 Å². The molecule has 1 fully saturated rings. The summed E-state index contributed by atoms with van der Waals surface area (Å²) in [5, 5.41) is 7.87. The zero-order chi connectivity index (χ0) is 11.1. The summed E-state index contributed by atoms with van der Waals surface area (Å²) in [5.74, 6) is 0. The highest BCUT2D eigenvalue weighted by atomic mass is 32.1. The number of thiophene rings is 1. The number of rotatable bonds is 7. The van der Waals surface area contributed by atoms with Gasteiger partial charge in [-0.15, -0.1) is 0 Å². The van der Waals surface area contributed by atoms with E-state index in [1.165, 1.54) is 31.2 Å². The molecule has 0 amide bonds. The summed E-state index contributed by atoms with van der Waals surface area (Å²) in [4.78, 5) is 0. The van der Waals surface area contributed by atoms with Crippen molar-refractivity contribution in [2.24, 2.45) is 0 Å². The number of hydrogen-bond donors (Lipinski definition) is 1. The molecule has 90 valence electrons. The Labute approximate surface area is 102 Å². The van der Waals surface area contributed by atoms with Crippen molar-refractivity contribution in [2.45, 2.75) is 38.2 Å². The lowest BCUT2D eigenvalue weighted by Gasteiger charge is -2.09. The maximum Gasteiger partial charge on any atom is 0.0576 e. The van der Waals surface area contributed by atoms with Crippen molar-refractivity contribution in [3.63, 3.8) is 0 Å². The molecule has 0 aromatic carbocycles. The first-order valence-corrected chi connectivity index (χ1v) is 7.23. The van der Waals surface area contributed by atoms with E-state index in [4.69, 9.17) is 4.74 Å². The zero-order valence-electron chi connectivity index (χ0n) is 9.78. The first-order valence-electron chi connectivity index (χ1n) is 6.28. The van der Waals surface area contributed by atoms with Crippen molar-refractivity contribution in [1.29, 1.82) is 0 Å². The van der Waals surface area contributed by atoms with Crippen LogP contribution in [0, 0.1) is 0 Å². The van der Waals surface area contributed by atoms with E-state index in [1.54, 1.807) is 11.3 Å². The molecule has 3 heteroatoms. The second-order valence-electron chi connectivity index (χ2n) is 4.41. The van der Waals surface area contributed by atoms with Crippen LogP contribution in [-0.4, -0.2) is 25.8 Å². The van der Waals surface area contributed by atoms with E-state index in [0.717, 1.165) is 26.1 Å². The van der Waals surface area contributed by atoms with Gasteiger partial charge in [0.1, 0.15) is 0 Å². The zero-order valence-corrected chi connectivity index (χ0v) is 10.6. The van der Waals surface area contributed by atoms with Gasteiger partial charge in [-0.2, -0.15) is 11.3 Å². The average molecular weight is 239 g/mol. The summed E-state index contributed by atoms with van der Waals surface area (Å²) in [5.41, 5.74) is 1.46. The highest BCUT2D eigenvalue weighted by Gasteiger charge is 2.14. The van der Waals surface area contributed by atoms with E-state index in [9.17, 15) is 0 Å². The van der Waals surface area contributed by atoms with Gasteiger partial charge in [-0.1, -0.05) is 0 Å². The second-order valence-corrected chi connectivity index (χ2v) is 5.19. The Morgan fingerprint density at radius 3 is 3.19 bits per heavy atom. The van der Waals surface area contributed by atoms with Gasteiger partial charge in [-0.25, -0.2) is 0 Å². The minimum absolute atomic E-state index is 0.554. The van der Waals surface area contributed by atoms with E-state index in [2.05, 4.69) is 22.1 Å². The molecule has 1 atom stereocenters. The average Bonchev–Trinajstić information content (AvgIpc) is 2.96. The van der Waals surface area contributed by atoms with Crippen LogP contribution >= 0.6 is 11.3 Å². The molecule has 2 nitrogen and oxygen atoms in total. The van der Waals surface area contributed by atoms with Crippen molar-refractivity contribution in [3.05, 3.63) is 22.4 Å². The minimum atomic E-state index is 0.554. The summed E-state index contributed by atoms with van der Waals surface area (Å²) >= 11 is 1.78. The summed E-state index contributed by atoms with van der Waals surface area (Å²) in [7, 11) is 0. The fourth-order valence-corrected chi connectivity index (χ4v) is 2.82. The Balaban J connectivity index is 1.43. The largest absolute Gasteiger partial charge is 0.378 e. The lowest BCUT2D eigenvalue weighted by atomic mass is 10.1. The van der Waals surface area contributed by atoms with Crippen LogP contribution in [0.5, 0.6) is 0 Å². The molecule has 1 aliphatic rings. The van der Waals surface area contributed by atoms with Gasteiger partial charge >= 0.3 is 0 Å². The number of nitrogens with one attached hydrogen (secondary N) is 1. The quantitative estimate of drug-likeness (QED) is 0.739. The maximum atomic E-state index is 5.59. The van der Waals surface area contributed by atoms with Gasteiger partial charge in [-0.3, -0.25) is 0 Å². The Hall–Kier alpha value is -0.380. The lowest BCUT2D eigenvalue weighted by Crippen LogP contribution is -2.19. The minimum Gasteiger partial charge on any atom is -0.378 e. The molecule has 1 aromatic rings. The molecule has 0 bridgehead atoms. The first-order chi connectivity index (χ1) is 7.95. The van der Waals surface area contributed by atoms with Crippen LogP contribution in [0.3, 0.4) is 0 Å². The predicted molar refractivity (Wildman–Crippen MR) is 69.1 cm³/mol. The van der Waals surface area contributed by atoms with Crippen molar-refractivity contribution < 1.29 is 4.74 Å². The molecule has 1 aromatic heterocycles. The summed E-state index contributed by atoms with van der Waals surface area (Å²) in [6.45, 7) is 3.21. The molecule has 0 saturated carbocycles. The van der Waals surface area contributed by atoms with Crippen LogP contribution in [0.2, 0.25) is 0 Å². The number of hydrogen-bond acceptors (Lipinski definition) is 3. The Kier molecular flexibility index (Phi) is 5.32. The molecular formula is C13H21NOS. The molecular weight excluding hydrogens is 218 g/mol. The molecule has 0 radical (unpaired) electrons. The molecule has 1 unspecified atom stereocenters. The molecule has 1 aliphatic heterocycles. The van der Waals surface area contributed by atoms with Crippen LogP contribution in [-0.2, 0) is 11.2 Å². The Morgan fingerprint density at radius 2 is 2.44 bits per heavy atom. The number of ether oxygens (including phenoxy) is 1. The lowest BCUT2D eigenvalue weighted by molar-refractivity contribution is 0.102. The van der Waals surface area contributed by atoms with Crippen LogP contribution in [0.25, 0.3) is 0 Å². The highest BCUT2D eigenvalue weighted by molar-refractivity contribution is 7.07. The predicted octanol–water partition coefficient (Wildman–Crippen LogP) is 2.84. The summed E-state index contributed by atoms with van der Waals surface area (Å²) in [6.07, 6.45) is 6.72. The summed E-state index contributed by atoms with van der Waals surface area (Å²) < 4.78 is 5.59. The van der Waals surface area contributed by atoms with Gasteiger partial charge in [-0.05, 0) is 67.6 Å². The van der Waals surface area contributed by atoms with Crippen molar-refractivity contribution in [1.82, 2.24) is 5.32 Å². The van der Waals surface area contributed by atoms with E-state index in [-0.39, 0.29) is 0 Å². The van der Waals surface area contributed by atoms with Crippen molar-refractivity contribution in [2.75, 3.05) is 19.7 Å². The standard InChI is InChI=1S/C13H21NOS/c1(3-13-4-2-9-15-13)7-14-8-5-12-6-10-16-11-12/h6,10-11,13-14H,1-5,7-9H2. The van der Waals surface area contributed by atoms with E-state index >= 15 is 0 Å². The molecule has 0 aliphatic carbocycles. The van der Waals surface area contributed by atoms with Gasteiger partial charge in [0.2, 0.25) is 0 Å². The van der Waals surface area contributed by atoms with Crippen LogP contribution in [0.4, 0.5) is 0 Å². The molecule has 0 spiro atoms. The smallest absolute Gasteiger partial charge is 0.0576 e. The van der Waals surface area contributed by atoms with E-state index < -0.39 is 0 Å². The van der Waals surface area contributed by atoms with Crippen LogP contribution in [0.15, 0.2) is 16.8 Å². The maximum absolute atomic E-state index is 5.59. The fourth-order valence-electron chi connectivity index (χ4n) is 2.12.